The molecule has 0 aromatic heterocycles. The van der Waals surface area contributed by atoms with E-state index < -0.39 is 0 Å². The van der Waals surface area contributed by atoms with Gasteiger partial charge in [0.15, 0.2) is 11.5 Å². The molecule has 0 N–H and O–H groups in total. The first kappa shape index (κ1) is 16.7. The fraction of sp³-hybridized carbons (Fsp3) is 0.263. The molecule has 24 heavy (non-hydrogen) atoms. The lowest BCUT2D eigenvalue weighted by Gasteiger charge is -2.28. The topological polar surface area (TPSA) is 36.9 Å². The number of hydrogen-bond donors (Lipinski definition) is 0. The Balaban J connectivity index is 2.09. The first-order valence-electron chi connectivity index (χ1n) is 7.54. The van der Waals surface area contributed by atoms with Crippen molar-refractivity contribution in [2.75, 3.05) is 27.9 Å². The lowest BCUT2D eigenvalue weighted by Crippen LogP contribution is -2.16. The van der Waals surface area contributed by atoms with Gasteiger partial charge in [0.2, 0.25) is 5.75 Å². The Bertz CT molecular complexity index is 756. The molecule has 1 atom stereocenters. The Kier molecular flexibility index (Phi) is 5.00. The fourth-order valence-electron chi connectivity index (χ4n) is 2.81. The number of ether oxygens (including phenoxy) is 4. The molecule has 2 aromatic rings. The zero-order chi connectivity index (χ0) is 17.1. The van der Waals surface area contributed by atoms with Crippen LogP contribution in [0.1, 0.15) is 16.0 Å². The molecule has 4 nitrogen and oxygen atoms in total. The predicted octanol–water partition coefficient (Wildman–Crippen LogP) is 4.62. The first-order valence-corrected chi connectivity index (χ1v) is 8.46. The molecule has 0 bridgehead atoms. The van der Waals surface area contributed by atoms with Crippen LogP contribution < -0.4 is 18.9 Å². The average molecular weight is 391 g/mol. The van der Waals surface area contributed by atoms with Crippen molar-refractivity contribution in [1.29, 1.82) is 0 Å². The maximum atomic E-state index is 5.95. The molecule has 0 fully saturated rings. The van der Waals surface area contributed by atoms with Crippen LogP contribution in [0.2, 0.25) is 0 Å². The maximum Gasteiger partial charge on any atom is 0.203 e. The zero-order valence-electron chi connectivity index (χ0n) is 13.8. The summed E-state index contributed by atoms with van der Waals surface area (Å²) < 4.78 is 22.4. The second-order valence-corrected chi connectivity index (χ2v) is 6.25. The summed E-state index contributed by atoms with van der Waals surface area (Å²) in [6.45, 7) is 0.496. The van der Waals surface area contributed by atoms with Gasteiger partial charge in [0.25, 0.3) is 0 Å². The Morgan fingerprint density at radius 1 is 1.04 bits per heavy atom. The van der Waals surface area contributed by atoms with Crippen LogP contribution in [0, 0.1) is 0 Å². The van der Waals surface area contributed by atoms with E-state index in [1.54, 1.807) is 21.3 Å². The predicted molar refractivity (Wildman–Crippen MR) is 97.7 cm³/mol. The minimum atomic E-state index is -0.0313. The van der Waals surface area contributed by atoms with Gasteiger partial charge in [0.05, 0.1) is 31.7 Å². The highest BCUT2D eigenvalue weighted by atomic mass is 79.9. The third-order valence-corrected chi connectivity index (χ3v) is 5.00. The molecule has 3 rings (SSSR count). The van der Waals surface area contributed by atoms with E-state index in [9.17, 15) is 0 Å². The molecule has 0 saturated heterocycles. The van der Waals surface area contributed by atoms with Crippen LogP contribution in [0.15, 0.2) is 42.0 Å². The van der Waals surface area contributed by atoms with E-state index >= 15 is 0 Å². The SMILES string of the molecule is COc1cc2c(c(OC)c1OC)C(Br)C(=Cc1ccccc1)CO2. The molecule has 2 aromatic carbocycles. The lowest BCUT2D eigenvalue weighted by molar-refractivity contribution is 0.297. The van der Waals surface area contributed by atoms with Crippen molar-refractivity contribution in [1.82, 2.24) is 0 Å². The van der Waals surface area contributed by atoms with Crippen molar-refractivity contribution in [3.05, 3.63) is 53.1 Å². The van der Waals surface area contributed by atoms with Crippen molar-refractivity contribution >= 4 is 22.0 Å². The number of rotatable bonds is 4. The van der Waals surface area contributed by atoms with Crippen LogP contribution in [0.3, 0.4) is 0 Å². The summed E-state index contributed by atoms with van der Waals surface area (Å²) in [5, 5.41) is 0. The van der Waals surface area contributed by atoms with Gasteiger partial charge in [0, 0.05) is 6.07 Å². The molecule has 1 heterocycles. The van der Waals surface area contributed by atoms with E-state index in [4.69, 9.17) is 18.9 Å². The van der Waals surface area contributed by atoms with E-state index in [1.165, 1.54) is 0 Å². The van der Waals surface area contributed by atoms with Gasteiger partial charge in [-0.05, 0) is 11.1 Å². The van der Waals surface area contributed by atoms with Crippen LogP contribution >= 0.6 is 15.9 Å². The summed E-state index contributed by atoms with van der Waals surface area (Å²) in [6, 6.07) is 12.0. The third kappa shape index (κ3) is 2.96. The second-order valence-electron chi connectivity index (χ2n) is 5.34. The van der Waals surface area contributed by atoms with Crippen molar-refractivity contribution in [3.8, 4) is 23.0 Å². The number of halogens is 1. The minimum Gasteiger partial charge on any atom is -0.493 e. The molecular weight excluding hydrogens is 372 g/mol. The number of fused-ring (bicyclic) bond motifs is 1. The van der Waals surface area contributed by atoms with E-state index in [0.717, 1.165) is 22.4 Å². The zero-order valence-corrected chi connectivity index (χ0v) is 15.4. The van der Waals surface area contributed by atoms with Crippen LogP contribution in [-0.4, -0.2) is 27.9 Å². The summed E-state index contributed by atoms with van der Waals surface area (Å²) in [7, 11) is 4.81. The quantitative estimate of drug-likeness (QED) is 0.713. The average Bonchev–Trinajstić information content (AvgIpc) is 2.63. The van der Waals surface area contributed by atoms with Gasteiger partial charge >= 0.3 is 0 Å². The molecule has 1 aliphatic rings. The van der Waals surface area contributed by atoms with Crippen molar-refractivity contribution in [2.24, 2.45) is 0 Å². The highest BCUT2D eigenvalue weighted by Crippen LogP contribution is 2.53. The summed E-state index contributed by atoms with van der Waals surface area (Å²) in [6.07, 6.45) is 2.12. The Labute approximate surface area is 150 Å². The lowest BCUT2D eigenvalue weighted by atomic mass is 9.98. The van der Waals surface area contributed by atoms with Crippen LogP contribution in [0.4, 0.5) is 0 Å². The van der Waals surface area contributed by atoms with Crippen LogP contribution in [0.5, 0.6) is 23.0 Å². The minimum absolute atomic E-state index is 0.0313. The van der Waals surface area contributed by atoms with Gasteiger partial charge in [-0.3, -0.25) is 0 Å². The number of benzene rings is 2. The fourth-order valence-corrected chi connectivity index (χ4v) is 3.51. The standard InChI is InChI=1S/C19H19BrO4/c1-21-15-10-14-16(19(23-3)18(15)22-2)17(20)13(11-24-14)9-12-7-5-4-6-8-12/h4-10,17H,11H2,1-3H3. The van der Waals surface area contributed by atoms with Crippen molar-refractivity contribution < 1.29 is 18.9 Å². The molecule has 0 aliphatic carbocycles. The maximum absolute atomic E-state index is 5.95. The molecule has 0 spiro atoms. The van der Waals surface area contributed by atoms with Gasteiger partial charge in [-0.15, -0.1) is 0 Å². The number of methoxy groups -OCH3 is 3. The highest BCUT2D eigenvalue weighted by molar-refractivity contribution is 9.09. The molecular formula is C19H19BrO4. The molecule has 126 valence electrons. The molecule has 0 radical (unpaired) electrons. The van der Waals surface area contributed by atoms with Gasteiger partial charge in [-0.2, -0.15) is 0 Å². The van der Waals surface area contributed by atoms with Gasteiger partial charge < -0.3 is 18.9 Å². The molecule has 0 saturated carbocycles. The van der Waals surface area contributed by atoms with Crippen LogP contribution in [-0.2, 0) is 0 Å². The van der Waals surface area contributed by atoms with Gasteiger partial charge in [-0.25, -0.2) is 0 Å². The summed E-state index contributed by atoms with van der Waals surface area (Å²) >= 11 is 3.79. The smallest absolute Gasteiger partial charge is 0.203 e. The molecule has 5 heteroatoms. The van der Waals surface area contributed by atoms with Crippen LogP contribution in [0.25, 0.3) is 6.08 Å². The van der Waals surface area contributed by atoms with E-state index in [0.29, 0.717) is 23.9 Å². The Morgan fingerprint density at radius 3 is 2.38 bits per heavy atom. The van der Waals surface area contributed by atoms with E-state index in [1.807, 2.05) is 24.3 Å². The highest BCUT2D eigenvalue weighted by Gasteiger charge is 2.31. The van der Waals surface area contributed by atoms with E-state index in [-0.39, 0.29) is 4.83 Å². The number of hydrogen-bond acceptors (Lipinski definition) is 4. The summed E-state index contributed by atoms with van der Waals surface area (Å²) in [5.74, 6) is 2.50. The third-order valence-electron chi connectivity index (χ3n) is 3.96. The Hall–Kier alpha value is -2.14. The van der Waals surface area contributed by atoms with Gasteiger partial charge in [-0.1, -0.05) is 52.3 Å². The molecule has 1 unspecified atom stereocenters. The van der Waals surface area contributed by atoms with E-state index in [2.05, 4.69) is 34.1 Å². The first-order chi connectivity index (χ1) is 11.7. The second kappa shape index (κ2) is 7.18. The van der Waals surface area contributed by atoms with Gasteiger partial charge in [0.1, 0.15) is 12.4 Å². The monoisotopic (exact) mass is 390 g/mol. The molecule has 1 aliphatic heterocycles. The summed E-state index contributed by atoms with van der Waals surface area (Å²) in [5.41, 5.74) is 3.14. The Morgan fingerprint density at radius 2 is 1.75 bits per heavy atom. The van der Waals surface area contributed by atoms with Crippen molar-refractivity contribution in [3.63, 3.8) is 0 Å². The summed E-state index contributed by atoms with van der Waals surface area (Å²) in [4.78, 5) is -0.0313. The van der Waals surface area contributed by atoms with Crippen molar-refractivity contribution in [2.45, 2.75) is 4.83 Å². The number of alkyl halides is 1. The largest absolute Gasteiger partial charge is 0.493 e. The molecule has 0 amide bonds. The normalized spacial score (nSPS) is 17.8.